The van der Waals surface area contributed by atoms with Crippen LogP contribution in [0.3, 0.4) is 0 Å². The summed E-state index contributed by atoms with van der Waals surface area (Å²) in [5.41, 5.74) is 5.35. The lowest BCUT2D eigenvalue weighted by Crippen LogP contribution is -2.53. The van der Waals surface area contributed by atoms with Crippen LogP contribution in [0, 0.1) is 6.92 Å². The summed E-state index contributed by atoms with van der Waals surface area (Å²) in [5, 5.41) is 0. The molecule has 2 aromatic carbocycles. The highest BCUT2D eigenvalue weighted by Gasteiger charge is 2.27. The number of carbonyl (C=O) groups excluding carboxylic acids is 1. The molecule has 0 aromatic heterocycles. The molecule has 2 aromatic rings. The second kappa shape index (κ2) is 9.31. The van der Waals surface area contributed by atoms with Gasteiger partial charge in [0, 0.05) is 76.2 Å². The molecule has 0 aliphatic carbocycles. The van der Waals surface area contributed by atoms with Crippen LogP contribution in [-0.4, -0.2) is 67.1 Å². The van der Waals surface area contributed by atoms with E-state index in [2.05, 4.69) is 84.0 Å². The first-order valence-corrected chi connectivity index (χ1v) is 11.6. The number of carbonyl (C=O) groups is 1. The maximum Gasteiger partial charge on any atom is 0.219 e. The largest absolute Gasteiger partial charge is 0.368 e. The predicted octanol–water partition coefficient (Wildman–Crippen LogP) is 3.76. The van der Waals surface area contributed by atoms with Crippen molar-refractivity contribution >= 4 is 17.3 Å². The number of aryl methyl sites for hydroxylation is 1. The second-order valence-corrected chi connectivity index (χ2v) is 9.23. The fourth-order valence-electron chi connectivity index (χ4n) is 5.07. The Bertz CT molecular complexity index is 900. The first-order chi connectivity index (χ1) is 14.9. The minimum atomic E-state index is 0.179. The topological polar surface area (TPSA) is 30.0 Å². The van der Waals surface area contributed by atoms with Crippen molar-refractivity contribution in [2.24, 2.45) is 0 Å². The smallest absolute Gasteiger partial charge is 0.219 e. The Morgan fingerprint density at radius 2 is 1.71 bits per heavy atom. The first-order valence-electron chi connectivity index (χ1n) is 11.6. The van der Waals surface area contributed by atoms with Crippen molar-refractivity contribution in [2.45, 2.75) is 46.3 Å². The predicted molar refractivity (Wildman–Crippen MR) is 129 cm³/mol. The molecule has 0 unspecified atom stereocenters. The average Bonchev–Trinajstić information content (AvgIpc) is 2.76. The van der Waals surface area contributed by atoms with Crippen molar-refractivity contribution in [1.29, 1.82) is 0 Å². The monoisotopic (exact) mass is 420 g/mol. The van der Waals surface area contributed by atoms with Crippen molar-refractivity contribution < 1.29 is 4.79 Å². The van der Waals surface area contributed by atoms with Gasteiger partial charge in [-0.15, -0.1) is 0 Å². The molecule has 2 heterocycles. The van der Waals surface area contributed by atoms with Gasteiger partial charge >= 0.3 is 0 Å². The molecule has 0 spiro atoms. The maximum absolute atomic E-state index is 11.7. The van der Waals surface area contributed by atoms with Crippen molar-refractivity contribution in [3.05, 3.63) is 59.7 Å². The molecule has 5 heteroatoms. The van der Waals surface area contributed by atoms with Crippen LogP contribution < -0.4 is 9.80 Å². The molecule has 2 aliphatic heterocycles. The van der Waals surface area contributed by atoms with Crippen LogP contribution in [-0.2, 0) is 11.3 Å². The molecule has 2 aliphatic rings. The van der Waals surface area contributed by atoms with Crippen LogP contribution in [0.5, 0.6) is 0 Å². The summed E-state index contributed by atoms with van der Waals surface area (Å²) < 4.78 is 0. The Hall–Kier alpha value is -2.53. The molecule has 2 fully saturated rings. The molecule has 31 heavy (non-hydrogen) atoms. The van der Waals surface area contributed by atoms with Crippen LogP contribution in [0.1, 0.15) is 31.9 Å². The highest BCUT2D eigenvalue weighted by Crippen LogP contribution is 2.29. The van der Waals surface area contributed by atoms with E-state index in [-0.39, 0.29) is 5.91 Å². The van der Waals surface area contributed by atoms with Gasteiger partial charge in [-0.3, -0.25) is 9.69 Å². The number of benzene rings is 2. The maximum atomic E-state index is 11.7. The SMILES string of the molecule is CC(=O)N1CCN(c2ccc(N3CCN(Cc4ccccc4)[C@@H](C)C3)c(C)c2)[C@H](C)C1. The minimum absolute atomic E-state index is 0.179. The lowest BCUT2D eigenvalue weighted by molar-refractivity contribution is -0.129. The second-order valence-electron chi connectivity index (χ2n) is 9.23. The van der Waals surface area contributed by atoms with Crippen molar-refractivity contribution in [2.75, 3.05) is 49.1 Å². The molecular weight excluding hydrogens is 384 g/mol. The molecule has 2 atom stereocenters. The lowest BCUT2D eigenvalue weighted by atomic mass is 10.1. The third kappa shape index (κ3) is 4.87. The highest BCUT2D eigenvalue weighted by atomic mass is 16.2. The van der Waals surface area contributed by atoms with Crippen molar-refractivity contribution in [3.8, 4) is 0 Å². The summed E-state index contributed by atoms with van der Waals surface area (Å²) in [7, 11) is 0. The number of hydrogen-bond acceptors (Lipinski definition) is 4. The lowest BCUT2D eigenvalue weighted by Gasteiger charge is -2.43. The number of anilines is 2. The van der Waals surface area contributed by atoms with Gasteiger partial charge in [0.2, 0.25) is 5.91 Å². The zero-order chi connectivity index (χ0) is 22.0. The van der Waals surface area contributed by atoms with Crippen molar-refractivity contribution in [1.82, 2.24) is 9.80 Å². The molecule has 0 saturated carbocycles. The van der Waals surface area contributed by atoms with Crippen LogP contribution in [0.2, 0.25) is 0 Å². The normalized spacial score (nSPS) is 22.6. The van der Waals surface area contributed by atoms with Crippen LogP contribution >= 0.6 is 0 Å². The molecule has 0 bridgehead atoms. The molecule has 4 rings (SSSR count). The van der Waals surface area contributed by atoms with Crippen molar-refractivity contribution in [3.63, 3.8) is 0 Å². The van der Waals surface area contributed by atoms with Gasteiger partial charge in [0.1, 0.15) is 0 Å². The van der Waals surface area contributed by atoms with E-state index in [1.54, 1.807) is 6.92 Å². The van der Waals surface area contributed by atoms with Gasteiger partial charge in [-0.1, -0.05) is 30.3 Å². The minimum Gasteiger partial charge on any atom is -0.368 e. The summed E-state index contributed by atoms with van der Waals surface area (Å²) in [5.74, 6) is 0.179. The number of amides is 1. The Labute approximate surface area is 187 Å². The molecule has 1 amide bonds. The number of nitrogens with zero attached hydrogens (tertiary/aromatic N) is 4. The van der Waals surface area contributed by atoms with Gasteiger partial charge in [-0.25, -0.2) is 0 Å². The van der Waals surface area contributed by atoms with E-state index in [4.69, 9.17) is 0 Å². The number of hydrogen-bond donors (Lipinski definition) is 0. The van der Waals surface area contributed by atoms with Crippen LogP contribution in [0.25, 0.3) is 0 Å². The fraction of sp³-hybridized carbons (Fsp3) is 0.500. The standard InChI is InChI=1S/C26H36N4O/c1-20-16-25(30-15-14-28(23(4)31)18-22(30)3)10-11-26(20)29-13-12-27(21(2)17-29)19-24-8-6-5-7-9-24/h5-11,16,21-22H,12-15,17-19H2,1-4H3/t21-,22+/m0/s1. The zero-order valence-electron chi connectivity index (χ0n) is 19.4. The van der Waals surface area contributed by atoms with Gasteiger partial charge in [0.05, 0.1) is 0 Å². The van der Waals surface area contributed by atoms with E-state index in [9.17, 15) is 4.79 Å². The number of piperazine rings is 2. The van der Waals surface area contributed by atoms with Gasteiger partial charge in [-0.2, -0.15) is 0 Å². The Morgan fingerprint density at radius 3 is 2.35 bits per heavy atom. The van der Waals surface area contributed by atoms with E-state index in [0.29, 0.717) is 12.1 Å². The molecule has 2 saturated heterocycles. The summed E-state index contributed by atoms with van der Waals surface area (Å²) in [6.45, 7) is 15.2. The summed E-state index contributed by atoms with van der Waals surface area (Å²) >= 11 is 0. The molecule has 166 valence electrons. The van der Waals surface area contributed by atoms with Gasteiger partial charge in [0.25, 0.3) is 0 Å². The third-order valence-corrected chi connectivity index (χ3v) is 6.92. The first kappa shape index (κ1) is 21.7. The Morgan fingerprint density at radius 1 is 0.935 bits per heavy atom. The van der Waals surface area contributed by atoms with Gasteiger partial charge in [0.15, 0.2) is 0 Å². The summed E-state index contributed by atoms with van der Waals surface area (Å²) in [4.78, 5) is 21.2. The average molecular weight is 421 g/mol. The molecule has 0 radical (unpaired) electrons. The van der Waals surface area contributed by atoms with E-state index < -0.39 is 0 Å². The Balaban J connectivity index is 1.40. The highest BCUT2D eigenvalue weighted by molar-refractivity contribution is 5.74. The van der Waals surface area contributed by atoms with E-state index in [1.807, 2.05) is 4.90 Å². The molecule has 5 nitrogen and oxygen atoms in total. The zero-order valence-corrected chi connectivity index (χ0v) is 19.4. The molecular formula is C26H36N4O. The summed E-state index contributed by atoms with van der Waals surface area (Å²) in [6.07, 6.45) is 0. The van der Waals surface area contributed by atoms with E-state index >= 15 is 0 Å². The van der Waals surface area contributed by atoms with Crippen LogP contribution in [0.15, 0.2) is 48.5 Å². The van der Waals surface area contributed by atoms with Gasteiger partial charge in [-0.05, 0) is 50.1 Å². The summed E-state index contributed by atoms with van der Waals surface area (Å²) in [6, 6.07) is 18.5. The van der Waals surface area contributed by atoms with E-state index in [0.717, 1.165) is 45.8 Å². The van der Waals surface area contributed by atoms with Gasteiger partial charge < -0.3 is 14.7 Å². The van der Waals surface area contributed by atoms with E-state index in [1.165, 1.54) is 22.5 Å². The fourth-order valence-corrected chi connectivity index (χ4v) is 5.07. The number of rotatable bonds is 4. The Kier molecular flexibility index (Phi) is 6.51. The molecule has 0 N–H and O–H groups in total. The van der Waals surface area contributed by atoms with Crippen LogP contribution in [0.4, 0.5) is 11.4 Å². The quantitative estimate of drug-likeness (QED) is 0.753. The third-order valence-electron chi connectivity index (χ3n) is 6.92.